The highest BCUT2D eigenvalue weighted by Gasteiger charge is 2.14. The van der Waals surface area contributed by atoms with Crippen molar-refractivity contribution in [2.24, 2.45) is 0 Å². The highest BCUT2D eigenvalue weighted by Crippen LogP contribution is 2.26. The minimum Gasteiger partial charge on any atom is -0.444 e. The van der Waals surface area contributed by atoms with Crippen LogP contribution in [0.4, 0.5) is 0 Å². The summed E-state index contributed by atoms with van der Waals surface area (Å²) >= 11 is 6.11. The normalized spacial score (nSPS) is 13.2. The van der Waals surface area contributed by atoms with Crippen LogP contribution >= 0.6 is 11.6 Å². The zero-order valence-corrected chi connectivity index (χ0v) is 9.19. The number of aromatic nitrogens is 1. The van der Waals surface area contributed by atoms with Gasteiger partial charge in [0.05, 0.1) is 5.69 Å². The van der Waals surface area contributed by atoms with Gasteiger partial charge in [0.15, 0.2) is 0 Å². The molecule has 0 amide bonds. The Morgan fingerprint density at radius 3 is 2.62 bits per heavy atom. The van der Waals surface area contributed by atoms with Crippen LogP contribution in [0, 0.1) is 13.8 Å². The molecule has 1 atom stereocenters. The van der Waals surface area contributed by atoms with E-state index in [1.54, 1.807) is 0 Å². The van der Waals surface area contributed by atoms with Gasteiger partial charge in [0.25, 0.3) is 0 Å². The number of hydrogen-bond acceptors (Lipinski definition) is 2. The molecule has 0 bridgehead atoms. The molecule has 0 unspecified atom stereocenters. The van der Waals surface area contributed by atoms with Gasteiger partial charge in [-0.1, -0.05) is 19.8 Å². The van der Waals surface area contributed by atoms with E-state index >= 15 is 0 Å². The van der Waals surface area contributed by atoms with Crippen molar-refractivity contribution in [3.63, 3.8) is 0 Å². The summed E-state index contributed by atoms with van der Waals surface area (Å²) in [5.74, 6) is 1.54. The second-order valence-corrected chi connectivity index (χ2v) is 3.83. The molecular weight excluding hydrogens is 186 g/mol. The Morgan fingerprint density at radius 2 is 2.15 bits per heavy atom. The Kier molecular flexibility index (Phi) is 3.79. The fourth-order valence-corrected chi connectivity index (χ4v) is 1.39. The van der Waals surface area contributed by atoms with Crippen LogP contribution in [-0.4, -0.2) is 4.98 Å². The van der Waals surface area contributed by atoms with Crippen LogP contribution in [0.5, 0.6) is 0 Å². The zero-order chi connectivity index (χ0) is 9.84. The minimum absolute atomic E-state index is 0.0626. The summed E-state index contributed by atoms with van der Waals surface area (Å²) in [6.07, 6.45) is 3.22. The predicted molar refractivity (Wildman–Crippen MR) is 54.1 cm³/mol. The lowest BCUT2D eigenvalue weighted by atomic mass is 10.2. The van der Waals surface area contributed by atoms with Gasteiger partial charge in [-0.05, 0) is 20.3 Å². The topological polar surface area (TPSA) is 26.0 Å². The quantitative estimate of drug-likeness (QED) is 0.694. The van der Waals surface area contributed by atoms with E-state index in [2.05, 4.69) is 11.9 Å². The predicted octanol–water partition coefficient (Wildman–Crippen LogP) is 3.76. The largest absolute Gasteiger partial charge is 0.444 e. The van der Waals surface area contributed by atoms with Crippen molar-refractivity contribution >= 4 is 11.6 Å². The molecule has 1 heterocycles. The van der Waals surface area contributed by atoms with Gasteiger partial charge in [-0.2, -0.15) is 0 Å². The van der Waals surface area contributed by atoms with Crippen LogP contribution in [-0.2, 0) is 0 Å². The molecule has 3 heteroatoms. The zero-order valence-electron chi connectivity index (χ0n) is 8.43. The molecule has 1 aromatic heterocycles. The molecule has 74 valence electrons. The molecule has 0 saturated heterocycles. The second-order valence-electron chi connectivity index (χ2n) is 3.30. The molecular formula is C10H16ClNO. The molecule has 0 radical (unpaired) electrons. The average Bonchev–Trinajstić information content (AvgIpc) is 2.43. The van der Waals surface area contributed by atoms with E-state index < -0.39 is 0 Å². The maximum atomic E-state index is 6.11. The molecule has 0 aliphatic heterocycles. The van der Waals surface area contributed by atoms with Gasteiger partial charge in [-0.3, -0.25) is 0 Å². The van der Waals surface area contributed by atoms with Crippen molar-refractivity contribution in [2.45, 2.75) is 45.4 Å². The standard InChI is InChI=1S/C10H16ClNO/c1-4-5-6-9(11)10-12-7(2)8(3)13-10/h9H,4-6H2,1-3H3/t9-/m1/s1. The van der Waals surface area contributed by atoms with E-state index in [1.807, 2.05) is 13.8 Å². The summed E-state index contributed by atoms with van der Waals surface area (Å²) < 4.78 is 5.43. The molecule has 0 aliphatic rings. The Labute approximate surface area is 84.3 Å². The molecule has 0 spiro atoms. The van der Waals surface area contributed by atoms with Gasteiger partial charge in [0.2, 0.25) is 5.89 Å². The number of rotatable bonds is 4. The first-order valence-electron chi connectivity index (χ1n) is 4.73. The summed E-state index contributed by atoms with van der Waals surface area (Å²) in [6.45, 7) is 6.00. The van der Waals surface area contributed by atoms with E-state index in [9.17, 15) is 0 Å². The Bertz CT molecular complexity index is 250. The van der Waals surface area contributed by atoms with Crippen molar-refractivity contribution in [3.8, 4) is 0 Å². The van der Waals surface area contributed by atoms with Crippen LogP contribution in [0.2, 0.25) is 0 Å². The average molecular weight is 202 g/mol. The summed E-state index contributed by atoms with van der Waals surface area (Å²) in [6, 6.07) is 0. The third-order valence-corrected chi connectivity index (χ3v) is 2.53. The third kappa shape index (κ3) is 2.73. The molecule has 13 heavy (non-hydrogen) atoms. The first-order chi connectivity index (χ1) is 6.15. The third-order valence-electron chi connectivity index (χ3n) is 2.12. The van der Waals surface area contributed by atoms with Crippen molar-refractivity contribution in [1.82, 2.24) is 4.98 Å². The lowest BCUT2D eigenvalue weighted by Gasteiger charge is -2.02. The fraction of sp³-hybridized carbons (Fsp3) is 0.700. The van der Waals surface area contributed by atoms with Gasteiger partial charge < -0.3 is 4.42 Å². The summed E-state index contributed by atoms with van der Waals surface area (Å²) in [4.78, 5) is 4.26. The molecule has 0 aliphatic carbocycles. The van der Waals surface area contributed by atoms with Crippen LogP contribution in [0.25, 0.3) is 0 Å². The molecule has 0 aromatic carbocycles. The van der Waals surface area contributed by atoms with Gasteiger partial charge in [0, 0.05) is 0 Å². The van der Waals surface area contributed by atoms with Crippen LogP contribution < -0.4 is 0 Å². The van der Waals surface area contributed by atoms with E-state index in [-0.39, 0.29) is 5.38 Å². The number of aryl methyl sites for hydroxylation is 2. The molecule has 0 saturated carbocycles. The van der Waals surface area contributed by atoms with Crippen molar-refractivity contribution in [1.29, 1.82) is 0 Å². The minimum atomic E-state index is -0.0626. The highest BCUT2D eigenvalue weighted by molar-refractivity contribution is 6.20. The lowest BCUT2D eigenvalue weighted by molar-refractivity contribution is 0.454. The maximum Gasteiger partial charge on any atom is 0.212 e. The highest BCUT2D eigenvalue weighted by atomic mass is 35.5. The summed E-state index contributed by atoms with van der Waals surface area (Å²) in [7, 11) is 0. The number of halogens is 1. The fourth-order valence-electron chi connectivity index (χ4n) is 1.14. The maximum absolute atomic E-state index is 6.11. The lowest BCUT2D eigenvalue weighted by Crippen LogP contribution is -1.90. The number of oxazole rings is 1. The number of alkyl halides is 1. The smallest absolute Gasteiger partial charge is 0.212 e. The number of hydrogen-bond donors (Lipinski definition) is 0. The molecule has 0 fully saturated rings. The molecule has 2 nitrogen and oxygen atoms in total. The van der Waals surface area contributed by atoms with Gasteiger partial charge in [-0.15, -0.1) is 11.6 Å². The van der Waals surface area contributed by atoms with E-state index in [0.717, 1.165) is 30.7 Å². The summed E-state index contributed by atoms with van der Waals surface area (Å²) in [5, 5.41) is -0.0626. The number of unbranched alkanes of at least 4 members (excludes halogenated alkanes) is 1. The van der Waals surface area contributed by atoms with Crippen molar-refractivity contribution in [2.75, 3.05) is 0 Å². The second kappa shape index (κ2) is 4.66. The van der Waals surface area contributed by atoms with Crippen LogP contribution in [0.3, 0.4) is 0 Å². The summed E-state index contributed by atoms with van der Waals surface area (Å²) in [5.41, 5.74) is 0.942. The first-order valence-corrected chi connectivity index (χ1v) is 5.16. The van der Waals surface area contributed by atoms with E-state index in [0.29, 0.717) is 5.89 Å². The van der Waals surface area contributed by atoms with Gasteiger partial charge in [-0.25, -0.2) is 4.98 Å². The number of nitrogens with zero attached hydrogens (tertiary/aromatic N) is 1. The Morgan fingerprint density at radius 1 is 1.46 bits per heavy atom. The van der Waals surface area contributed by atoms with E-state index in [4.69, 9.17) is 16.0 Å². The van der Waals surface area contributed by atoms with Crippen LogP contribution in [0.15, 0.2) is 4.42 Å². The van der Waals surface area contributed by atoms with Gasteiger partial charge >= 0.3 is 0 Å². The first kappa shape index (κ1) is 10.6. The molecule has 1 rings (SSSR count). The van der Waals surface area contributed by atoms with Crippen molar-refractivity contribution < 1.29 is 4.42 Å². The van der Waals surface area contributed by atoms with Crippen molar-refractivity contribution in [3.05, 3.63) is 17.3 Å². The van der Waals surface area contributed by atoms with Crippen LogP contribution in [0.1, 0.15) is 48.9 Å². The Hall–Kier alpha value is -0.500. The molecule has 1 aromatic rings. The monoisotopic (exact) mass is 201 g/mol. The molecule has 0 N–H and O–H groups in total. The Balaban J connectivity index is 2.60. The van der Waals surface area contributed by atoms with E-state index in [1.165, 1.54) is 0 Å². The SMILES string of the molecule is CCCC[C@@H](Cl)c1nc(C)c(C)o1. The van der Waals surface area contributed by atoms with Gasteiger partial charge in [0.1, 0.15) is 11.1 Å².